The van der Waals surface area contributed by atoms with Gasteiger partial charge in [-0.1, -0.05) is 13.2 Å². The minimum absolute atomic E-state index is 0.0238. The molecule has 0 amide bonds. The monoisotopic (exact) mass is 759 g/mol. The summed E-state index contributed by atoms with van der Waals surface area (Å²) in [5, 5.41) is 26.6. The molecule has 54 heavy (non-hydrogen) atoms. The zero-order valence-corrected chi connectivity index (χ0v) is 32.6. The van der Waals surface area contributed by atoms with Gasteiger partial charge < -0.3 is 53.4 Å². The average Bonchev–Trinajstić information content (AvgIpc) is 3.65. The summed E-state index contributed by atoms with van der Waals surface area (Å²) in [7, 11) is 5.34. The Morgan fingerprint density at radius 2 is 1.61 bits per heavy atom. The van der Waals surface area contributed by atoms with Crippen LogP contribution in [0.3, 0.4) is 0 Å². The predicted octanol–water partition coefficient (Wildman–Crippen LogP) is 3.93. The van der Waals surface area contributed by atoms with E-state index in [1.165, 1.54) is 0 Å². The van der Waals surface area contributed by atoms with E-state index in [9.17, 15) is 15.0 Å². The zero-order valence-electron chi connectivity index (χ0n) is 32.6. The van der Waals surface area contributed by atoms with Gasteiger partial charge >= 0.3 is 0 Å². The van der Waals surface area contributed by atoms with Gasteiger partial charge in [-0.3, -0.25) is 4.79 Å². The summed E-state index contributed by atoms with van der Waals surface area (Å²) < 4.78 is 52.3. The summed E-state index contributed by atoms with van der Waals surface area (Å²) in [6, 6.07) is 0. The molecule has 1 aliphatic carbocycles. The third-order valence-corrected chi connectivity index (χ3v) is 14.4. The molecule has 11 bridgehead atoms. The van der Waals surface area contributed by atoms with E-state index >= 15 is 0 Å². The van der Waals surface area contributed by atoms with Crippen LogP contribution < -0.4 is 5.32 Å². The summed E-state index contributed by atoms with van der Waals surface area (Å²) in [6.07, 6.45) is 6.05. The topological polar surface area (TPSA) is 143 Å². The van der Waals surface area contributed by atoms with Crippen LogP contribution in [0.25, 0.3) is 0 Å². The number of methoxy groups -OCH3 is 2. The first-order valence-electron chi connectivity index (χ1n) is 21.0. The summed E-state index contributed by atoms with van der Waals surface area (Å²) in [4.78, 5) is 14.1. The molecular weight excluding hydrogens is 694 g/mol. The van der Waals surface area contributed by atoms with Crippen molar-refractivity contribution >= 4 is 5.78 Å². The molecule has 12 nitrogen and oxygen atoms in total. The van der Waals surface area contributed by atoms with Crippen LogP contribution in [0.1, 0.15) is 96.3 Å². The number of Topliss-reactive ketones (excluding diaryl/α,β-unsaturated/α-hetero) is 1. The van der Waals surface area contributed by atoms with Crippen LogP contribution in [0.15, 0.2) is 24.3 Å². The van der Waals surface area contributed by atoms with Crippen molar-refractivity contribution in [1.29, 1.82) is 0 Å². The molecule has 0 radical (unpaired) electrons. The number of aliphatic hydroxyl groups is 2. The van der Waals surface area contributed by atoms with Crippen molar-refractivity contribution in [1.82, 2.24) is 5.32 Å². The Kier molecular flexibility index (Phi) is 12.1. The lowest BCUT2D eigenvalue weighted by Gasteiger charge is -2.61. The highest BCUT2D eigenvalue weighted by atomic mass is 16.7. The van der Waals surface area contributed by atoms with E-state index in [4.69, 9.17) is 37.9 Å². The molecule has 304 valence electrons. The van der Waals surface area contributed by atoms with Crippen LogP contribution in [0.2, 0.25) is 0 Å². The van der Waals surface area contributed by atoms with Crippen LogP contribution in [-0.2, 0) is 42.7 Å². The summed E-state index contributed by atoms with van der Waals surface area (Å²) in [6.45, 7) is 9.49. The number of likely N-dealkylation sites (N-methyl/N-ethyl adjacent to an activating group) is 1. The Labute approximate surface area is 320 Å². The van der Waals surface area contributed by atoms with Crippen molar-refractivity contribution in [3.05, 3.63) is 24.3 Å². The van der Waals surface area contributed by atoms with Crippen LogP contribution in [0.4, 0.5) is 0 Å². The third-order valence-electron chi connectivity index (χ3n) is 14.4. The standard InChI is InChI=1S/C42H65NO11/c1-22-6-7-25-8-10-33-23(2)14-27(50-33)12-13-42(46)20-32(45)29-18-31-38(29)53-34-11-9-26(51-41(34)40(31)54-42)15-24(44)16-30-36(19-35(22)49-25)52-37(39(30)48-5)17-28(47-4)21-43-3/h25-41,43,45-46H,1-2,6-21H2,3-5H3. The molecule has 1 saturated carbocycles. The number of ketones is 1. The first-order chi connectivity index (χ1) is 26.0. The molecule has 0 spiro atoms. The van der Waals surface area contributed by atoms with Crippen LogP contribution in [-0.4, -0.2) is 135 Å². The average molecular weight is 760 g/mol. The predicted molar refractivity (Wildman–Crippen MR) is 198 cm³/mol. The smallest absolute Gasteiger partial charge is 0.168 e. The van der Waals surface area contributed by atoms with E-state index < -0.39 is 18.0 Å². The van der Waals surface area contributed by atoms with Gasteiger partial charge in [0, 0.05) is 77.0 Å². The van der Waals surface area contributed by atoms with Crippen molar-refractivity contribution in [3.63, 3.8) is 0 Å². The zero-order chi connectivity index (χ0) is 37.7. The molecule has 8 heterocycles. The van der Waals surface area contributed by atoms with E-state index in [0.29, 0.717) is 45.1 Å². The first-order valence-corrected chi connectivity index (χ1v) is 21.0. The minimum Gasteiger partial charge on any atom is -0.393 e. The second kappa shape index (κ2) is 16.5. The van der Waals surface area contributed by atoms with Gasteiger partial charge in [-0.2, -0.15) is 0 Å². The summed E-state index contributed by atoms with van der Waals surface area (Å²) in [5.74, 6) is -1.58. The molecule has 18 atom stereocenters. The maximum absolute atomic E-state index is 14.1. The maximum Gasteiger partial charge on any atom is 0.168 e. The van der Waals surface area contributed by atoms with Gasteiger partial charge in [-0.05, 0) is 76.0 Å². The first kappa shape index (κ1) is 39.5. The molecule has 9 aliphatic rings. The highest BCUT2D eigenvalue weighted by molar-refractivity contribution is 5.79. The molecule has 0 aromatic carbocycles. The van der Waals surface area contributed by atoms with Crippen molar-refractivity contribution in [3.8, 4) is 0 Å². The molecule has 9 fully saturated rings. The molecular formula is C42H65NO11. The van der Waals surface area contributed by atoms with E-state index in [1.54, 1.807) is 14.2 Å². The number of ether oxygens (including phenoxy) is 8. The lowest BCUT2D eigenvalue weighted by Crippen LogP contribution is -2.70. The number of hydrogen-bond acceptors (Lipinski definition) is 12. The quantitative estimate of drug-likeness (QED) is 0.338. The summed E-state index contributed by atoms with van der Waals surface area (Å²) >= 11 is 0. The molecule has 0 aromatic heterocycles. The number of rotatable bonds is 6. The van der Waals surface area contributed by atoms with Gasteiger partial charge in [0.1, 0.15) is 11.9 Å². The highest BCUT2D eigenvalue weighted by Gasteiger charge is 2.62. The van der Waals surface area contributed by atoms with Crippen molar-refractivity contribution < 1.29 is 52.9 Å². The van der Waals surface area contributed by atoms with E-state index in [-0.39, 0.29) is 110 Å². The SMILES string of the molecule is C=C1CC2CCC3(O)CC(O)C4CC5C4OC4CCC(CC(=O)CC6C(CC7OC(CCC7=C)CCC1O2)OC(CC(CNC)OC)C6OC)OC4C5O3. The molecule has 18 unspecified atom stereocenters. The largest absolute Gasteiger partial charge is 0.393 e. The number of nitrogens with one attached hydrogen (secondary N) is 1. The Morgan fingerprint density at radius 3 is 2.41 bits per heavy atom. The van der Waals surface area contributed by atoms with Gasteiger partial charge in [0.25, 0.3) is 0 Å². The Bertz CT molecular complexity index is 1360. The maximum atomic E-state index is 14.1. The molecule has 12 heteroatoms. The fraction of sp³-hybridized carbons (Fsp3) is 0.881. The number of carbonyl (C=O) groups excluding carboxylic acids is 1. The Hall–Kier alpha value is -1.29. The van der Waals surface area contributed by atoms with E-state index in [0.717, 1.165) is 56.1 Å². The molecule has 3 N–H and O–H groups in total. The fourth-order valence-electron chi connectivity index (χ4n) is 11.4. The van der Waals surface area contributed by atoms with Crippen molar-refractivity contribution in [2.45, 2.75) is 188 Å². The lowest BCUT2D eigenvalue weighted by atomic mass is 9.61. The number of aliphatic hydroxyl groups excluding tert-OH is 1. The number of carbonyl (C=O) groups is 1. The fourth-order valence-corrected chi connectivity index (χ4v) is 11.4. The van der Waals surface area contributed by atoms with Gasteiger partial charge in [-0.15, -0.1) is 0 Å². The van der Waals surface area contributed by atoms with Crippen molar-refractivity contribution in [2.24, 2.45) is 17.8 Å². The molecule has 9 rings (SSSR count). The second-order valence-corrected chi connectivity index (χ2v) is 17.9. The van der Waals surface area contributed by atoms with Gasteiger partial charge in [0.15, 0.2) is 5.79 Å². The highest BCUT2D eigenvalue weighted by Crippen LogP contribution is 2.54. The van der Waals surface area contributed by atoms with E-state index in [2.05, 4.69) is 18.5 Å². The molecule has 8 aliphatic heterocycles. The van der Waals surface area contributed by atoms with Crippen molar-refractivity contribution in [2.75, 3.05) is 27.8 Å². The second-order valence-electron chi connectivity index (χ2n) is 17.9. The van der Waals surface area contributed by atoms with Crippen LogP contribution >= 0.6 is 0 Å². The summed E-state index contributed by atoms with van der Waals surface area (Å²) in [5.41, 5.74) is 2.15. The van der Waals surface area contributed by atoms with Gasteiger partial charge in [0.2, 0.25) is 0 Å². The normalized spacial score (nSPS) is 48.9. The van der Waals surface area contributed by atoms with Crippen LogP contribution in [0.5, 0.6) is 0 Å². The third kappa shape index (κ3) is 8.06. The minimum atomic E-state index is -1.52. The number of hydrogen-bond donors (Lipinski definition) is 3. The Balaban J connectivity index is 1.05. The van der Waals surface area contributed by atoms with Crippen LogP contribution in [0, 0.1) is 17.8 Å². The lowest BCUT2D eigenvalue weighted by molar-refractivity contribution is -0.369. The van der Waals surface area contributed by atoms with E-state index in [1.807, 2.05) is 7.05 Å². The molecule has 8 saturated heterocycles. The Morgan fingerprint density at radius 1 is 0.815 bits per heavy atom. The number of fused-ring (bicyclic) bond motifs is 7. The van der Waals surface area contributed by atoms with Gasteiger partial charge in [-0.25, -0.2) is 0 Å². The van der Waals surface area contributed by atoms with Gasteiger partial charge in [0.05, 0.1) is 79.4 Å². The molecule has 0 aromatic rings.